The highest BCUT2D eigenvalue weighted by molar-refractivity contribution is 7.16. The van der Waals surface area contributed by atoms with Gasteiger partial charge in [0.25, 0.3) is 5.91 Å². The molecule has 2 aromatic carbocycles. The van der Waals surface area contributed by atoms with Gasteiger partial charge in [0, 0.05) is 10.9 Å². The highest BCUT2D eigenvalue weighted by Gasteiger charge is 2.25. The molecule has 4 rings (SSSR count). The van der Waals surface area contributed by atoms with Crippen molar-refractivity contribution in [3.8, 4) is 11.5 Å². The van der Waals surface area contributed by atoms with Crippen LogP contribution in [0.4, 0.5) is 13.8 Å². The molecule has 0 spiro atoms. The molecule has 0 saturated carbocycles. The van der Waals surface area contributed by atoms with Crippen LogP contribution in [0.5, 0.6) is 11.5 Å². The summed E-state index contributed by atoms with van der Waals surface area (Å²) in [5.41, 5.74) is 1.18. The average molecular weight is 503 g/mol. The van der Waals surface area contributed by atoms with Crippen LogP contribution in [-0.4, -0.2) is 38.4 Å². The van der Waals surface area contributed by atoms with Crippen molar-refractivity contribution in [2.24, 2.45) is 0 Å². The van der Waals surface area contributed by atoms with Gasteiger partial charge in [-0.15, -0.1) is 11.3 Å². The van der Waals surface area contributed by atoms with Gasteiger partial charge in [0.2, 0.25) is 6.79 Å². The Hall–Kier alpha value is -3.99. The van der Waals surface area contributed by atoms with Crippen LogP contribution in [0.15, 0.2) is 36.4 Å². The van der Waals surface area contributed by atoms with Crippen molar-refractivity contribution < 1.29 is 42.1 Å². The lowest BCUT2D eigenvalue weighted by Gasteiger charge is -2.09. The van der Waals surface area contributed by atoms with Crippen LogP contribution in [0.1, 0.15) is 36.7 Å². The third kappa shape index (κ3) is 5.24. The van der Waals surface area contributed by atoms with Crippen molar-refractivity contribution in [3.05, 3.63) is 75.2 Å². The molecule has 1 aliphatic rings. The summed E-state index contributed by atoms with van der Waals surface area (Å²) in [5.74, 6) is -3.25. The van der Waals surface area contributed by atoms with Gasteiger partial charge >= 0.3 is 11.9 Å². The van der Waals surface area contributed by atoms with Crippen molar-refractivity contribution in [1.29, 1.82) is 0 Å². The van der Waals surface area contributed by atoms with Gasteiger partial charge in [0.05, 0.1) is 18.2 Å². The van der Waals surface area contributed by atoms with Gasteiger partial charge < -0.3 is 24.3 Å². The maximum atomic E-state index is 13.7. The molecule has 1 amide bonds. The summed E-state index contributed by atoms with van der Waals surface area (Å²) in [7, 11) is 1.23. The Labute approximate surface area is 202 Å². The molecule has 0 aliphatic carbocycles. The van der Waals surface area contributed by atoms with Gasteiger partial charge in [-0.3, -0.25) is 4.79 Å². The van der Waals surface area contributed by atoms with E-state index < -0.39 is 41.7 Å². The molecule has 0 atom stereocenters. The zero-order chi connectivity index (χ0) is 25.1. The quantitative estimate of drug-likeness (QED) is 0.482. The molecule has 182 valence electrons. The number of rotatable bonds is 7. The van der Waals surface area contributed by atoms with E-state index in [1.54, 1.807) is 13.0 Å². The molecule has 11 heteroatoms. The Morgan fingerprint density at radius 1 is 1.06 bits per heavy atom. The van der Waals surface area contributed by atoms with E-state index in [2.05, 4.69) is 5.32 Å². The Morgan fingerprint density at radius 2 is 1.83 bits per heavy atom. The Kier molecular flexibility index (Phi) is 6.97. The van der Waals surface area contributed by atoms with Crippen LogP contribution >= 0.6 is 11.3 Å². The predicted molar refractivity (Wildman–Crippen MR) is 121 cm³/mol. The lowest BCUT2D eigenvalue weighted by molar-refractivity contribution is -0.119. The number of fused-ring (bicyclic) bond motifs is 1. The number of nitrogens with one attached hydrogen (secondary N) is 1. The number of amides is 1. The second-order valence-electron chi connectivity index (χ2n) is 7.45. The van der Waals surface area contributed by atoms with Crippen molar-refractivity contribution in [2.75, 3.05) is 25.8 Å². The number of aryl methyl sites for hydroxylation is 1. The summed E-state index contributed by atoms with van der Waals surface area (Å²) in [5, 5.41) is 2.77. The van der Waals surface area contributed by atoms with Gasteiger partial charge in [-0.1, -0.05) is 6.07 Å². The van der Waals surface area contributed by atoms with E-state index in [0.717, 1.165) is 33.9 Å². The zero-order valence-corrected chi connectivity index (χ0v) is 19.4. The van der Waals surface area contributed by atoms with Gasteiger partial charge in [-0.2, -0.15) is 0 Å². The summed E-state index contributed by atoms with van der Waals surface area (Å²) < 4.78 is 47.2. The summed E-state index contributed by atoms with van der Waals surface area (Å²) in [6.07, 6.45) is 0.359. The van der Waals surface area contributed by atoms with Gasteiger partial charge in [0.1, 0.15) is 16.6 Å². The minimum Gasteiger partial charge on any atom is -0.465 e. The number of hydrogen-bond acceptors (Lipinski definition) is 8. The monoisotopic (exact) mass is 503 g/mol. The molecule has 0 fully saturated rings. The number of anilines is 1. The van der Waals surface area contributed by atoms with Crippen LogP contribution in [0.25, 0.3) is 0 Å². The lowest BCUT2D eigenvalue weighted by atomic mass is 10.0. The first kappa shape index (κ1) is 24.1. The van der Waals surface area contributed by atoms with Crippen LogP contribution in [0, 0.1) is 18.6 Å². The molecule has 35 heavy (non-hydrogen) atoms. The van der Waals surface area contributed by atoms with E-state index in [9.17, 15) is 23.2 Å². The Bertz CT molecular complexity index is 1320. The molecular formula is C24H19F2NO7S. The smallest absolute Gasteiger partial charge is 0.341 e. The topological polar surface area (TPSA) is 100 Å². The van der Waals surface area contributed by atoms with Gasteiger partial charge in [-0.25, -0.2) is 18.4 Å². The number of benzene rings is 2. The zero-order valence-electron chi connectivity index (χ0n) is 18.6. The summed E-state index contributed by atoms with van der Waals surface area (Å²) in [6.45, 7) is 1.19. The maximum Gasteiger partial charge on any atom is 0.341 e. The molecule has 0 saturated heterocycles. The molecule has 1 N–H and O–H groups in total. The number of thiophene rings is 1. The molecule has 0 bridgehead atoms. The number of esters is 2. The second kappa shape index (κ2) is 10.1. The first-order valence-electron chi connectivity index (χ1n) is 10.3. The lowest BCUT2D eigenvalue weighted by Crippen LogP contribution is -2.22. The molecular weight excluding hydrogens is 484 g/mol. The van der Waals surface area contributed by atoms with E-state index >= 15 is 0 Å². The number of halogens is 2. The molecule has 1 aliphatic heterocycles. The van der Waals surface area contributed by atoms with Crippen molar-refractivity contribution in [3.63, 3.8) is 0 Å². The third-order valence-corrected chi connectivity index (χ3v) is 6.22. The number of carbonyl (C=O) groups is 3. The standard InChI is InChI=1S/C24H19F2NO7S/c1-12-16(7-13-3-6-18-19(8-13)34-11-33-18)21(24(30)31-2)22(35-12)27-20(28)10-32-23(29)15-5-4-14(25)9-17(15)26/h3-6,8-9H,7,10-11H2,1-2H3,(H,27,28). The van der Waals surface area contributed by atoms with E-state index in [1.807, 2.05) is 12.1 Å². The molecule has 1 aromatic heterocycles. The van der Waals surface area contributed by atoms with E-state index in [0.29, 0.717) is 29.5 Å². The molecule has 2 heterocycles. The number of methoxy groups -OCH3 is 1. The highest BCUT2D eigenvalue weighted by Crippen LogP contribution is 2.37. The minimum atomic E-state index is -1.13. The Balaban J connectivity index is 1.49. The fourth-order valence-electron chi connectivity index (χ4n) is 3.48. The van der Waals surface area contributed by atoms with Crippen molar-refractivity contribution in [1.82, 2.24) is 0 Å². The normalized spacial score (nSPS) is 11.8. The molecule has 3 aromatic rings. The number of ether oxygens (including phenoxy) is 4. The molecule has 0 unspecified atom stereocenters. The number of carbonyl (C=O) groups excluding carboxylic acids is 3. The van der Waals surface area contributed by atoms with Gasteiger partial charge in [-0.05, 0) is 48.7 Å². The van der Waals surface area contributed by atoms with E-state index in [4.69, 9.17) is 18.9 Å². The summed E-state index contributed by atoms with van der Waals surface area (Å²) >= 11 is 1.16. The van der Waals surface area contributed by atoms with Crippen molar-refractivity contribution in [2.45, 2.75) is 13.3 Å². The first-order chi connectivity index (χ1) is 16.8. The maximum absolute atomic E-state index is 13.7. The van der Waals surface area contributed by atoms with Crippen LogP contribution in [0.3, 0.4) is 0 Å². The Morgan fingerprint density at radius 3 is 2.57 bits per heavy atom. The fraction of sp³-hybridized carbons (Fsp3) is 0.208. The van der Waals surface area contributed by atoms with E-state index in [1.165, 1.54) is 7.11 Å². The predicted octanol–water partition coefficient (Wildman–Crippen LogP) is 4.24. The number of hydrogen-bond donors (Lipinski definition) is 1. The average Bonchev–Trinajstić information content (AvgIpc) is 3.41. The molecule has 0 radical (unpaired) electrons. The van der Waals surface area contributed by atoms with Crippen molar-refractivity contribution >= 4 is 34.2 Å². The first-order valence-corrected chi connectivity index (χ1v) is 11.1. The minimum absolute atomic E-state index is 0.137. The largest absolute Gasteiger partial charge is 0.465 e. The van der Waals surface area contributed by atoms with Crippen LogP contribution < -0.4 is 14.8 Å². The van der Waals surface area contributed by atoms with E-state index in [-0.39, 0.29) is 17.4 Å². The summed E-state index contributed by atoms with van der Waals surface area (Å²) in [6, 6.07) is 7.79. The second-order valence-corrected chi connectivity index (χ2v) is 8.67. The molecule has 8 nitrogen and oxygen atoms in total. The van der Waals surface area contributed by atoms with Crippen LogP contribution in [0.2, 0.25) is 0 Å². The summed E-state index contributed by atoms with van der Waals surface area (Å²) in [4.78, 5) is 37.8. The van der Waals surface area contributed by atoms with Crippen LogP contribution in [-0.2, 0) is 20.7 Å². The fourth-order valence-corrected chi connectivity index (χ4v) is 4.56. The van der Waals surface area contributed by atoms with Gasteiger partial charge in [0.15, 0.2) is 18.1 Å². The highest BCUT2D eigenvalue weighted by atomic mass is 32.1. The third-order valence-electron chi connectivity index (χ3n) is 5.15. The SMILES string of the molecule is COC(=O)c1c(NC(=O)COC(=O)c2ccc(F)cc2F)sc(C)c1Cc1ccc2c(c1)OCO2.